The number of piperidine rings is 1. The van der Waals surface area contributed by atoms with Crippen molar-refractivity contribution >= 4 is 34.3 Å². The van der Waals surface area contributed by atoms with Crippen LogP contribution in [0.1, 0.15) is 54.9 Å². The van der Waals surface area contributed by atoms with Gasteiger partial charge in [0.25, 0.3) is 0 Å². The van der Waals surface area contributed by atoms with Crippen LogP contribution in [-0.4, -0.2) is 32.5 Å². The molecule has 2 bridgehead atoms. The van der Waals surface area contributed by atoms with Gasteiger partial charge in [0.2, 0.25) is 0 Å². The van der Waals surface area contributed by atoms with E-state index in [2.05, 4.69) is 51.7 Å². The monoisotopic (exact) mass is 392 g/mol. The van der Waals surface area contributed by atoms with Gasteiger partial charge in [-0.25, -0.2) is 9.97 Å². The molecule has 2 atom stereocenters. The molecule has 4 heterocycles. The van der Waals surface area contributed by atoms with Gasteiger partial charge in [-0.2, -0.15) is 0 Å². The van der Waals surface area contributed by atoms with E-state index in [9.17, 15) is 0 Å². The Hall–Kier alpha value is -2.17. The van der Waals surface area contributed by atoms with Gasteiger partial charge in [-0.3, -0.25) is 4.90 Å². The van der Waals surface area contributed by atoms with E-state index in [0.29, 0.717) is 12.1 Å². The van der Waals surface area contributed by atoms with Crippen LogP contribution in [0.25, 0.3) is 22.7 Å². The lowest BCUT2D eigenvalue weighted by Gasteiger charge is -2.44. The molecule has 3 aromatic rings. The Kier molecular flexibility index (Phi) is 4.29. The standard InChI is InChI=1S/C23H25ClN4/c1-14(16-11-25-15(2)26-12-16)13-28-21-9-17(24)7-8-19(21)23-20-6-4-5-18(27(20)3)10-22(23)28/h7-9,11-13,18,20H,4-6,10H2,1-3H3. The third kappa shape index (κ3) is 2.78. The zero-order chi connectivity index (χ0) is 19.4. The fraction of sp³-hybridized carbons (Fsp3) is 0.391. The molecular weight excluding hydrogens is 368 g/mol. The molecule has 0 N–H and O–H groups in total. The smallest absolute Gasteiger partial charge is 0.125 e. The molecule has 1 aromatic carbocycles. The number of hydrogen-bond donors (Lipinski definition) is 0. The van der Waals surface area contributed by atoms with Gasteiger partial charge in [0, 0.05) is 58.8 Å². The van der Waals surface area contributed by atoms with Crippen LogP contribution >= 0.6 is 11.6 Å². The van der Waals surface area contributed by atoms with Gasteiger partial charge in [0.15, 0.2) is 0 Å². The molecule has 0 amide bonds. The summed E-state index contributed by atoms with van der Waals surface area (Å²) in [5.41, 5.74) is 6.35. The average Bonchev–Trinajstić information content (AvgIpc) is 2.95. The molecule has 1 fully saturated rings. The molecule has 144 valence electrons. The fourth-order valence-electron chi connectivity index (χ4n) is 4.98. The summed E-state index contributed by atoms with van der Waals surface area (Å²) in [5, 5.41) is 2.12. The molecule has 2 aromatic heterocycles. The number of aromatic nitrogens is 3. The van der Waals surface area contributed by atoms with Crippen LogP contribution in [0.3, 0.4) is 0 Å². The second-order valence-electron chi connectivity index (χ2n) is 8.19. The highest BCUT2D eigenvalue weighted by molar-refractivity contribution is 6.31. The van der Waals surface area contributed by atoms with Crippen molar-refractivity contribution in [2.75, 3.05) is 7.05 Å². The lowest BCUT2D eigenvalue weighted by Crippen LogP contribution is -2.44. The van der Waals surface area contributed by atoms with Gasteiger partial charge in [-0.05, 0) is 63.4 Å². The Balaban J connectivity index is 1.73. The maximum absolute atomic E-state index is 6.40. The number of benzene rings is 1. The first-order valence-corrected chi connectivity index (χ1v) is 10.4. The van der Waals surface area contributed by atoms with E-state index in [0.717, 1.165) is 28.4 Å². The van der Waals surface area contributed by atoms with Gasteiger partial charge in [0.05, 0.1) is 5.52 Å². The molecule has 5 heteroatoms. The maximum atomic E-state index is 6.40. The Morgan fingerprint density at radius 1 is 1.21 bits per heavy atom. The molecule has 0 radical (unpaired) electrons. The predicted molar refractivity (Wildman–Crippen MR) is 115 cm³/mol. The number of likely N-dealkylation sites (N-methyl/N-ethyl adjacent to an activating group) is 1. The molecule has 28 heavy (non-hydrogen) atoms. The minimum atomic E-state index is 0.504. The number of aryl methyl sites for hydroxylation is 1. The highest BCUT2D eigenvalue weighted by Crippen LogP contribution is 2.46. The lowest BCUT2D eigenvalue weighted by atomic mass is 9.82. The Morgan fingerprint density at radius 2 is 2.00 bits per heavy atom. The quantitative estimate of drug-likeness (QED) is 0.578. The van der Waals surface area contributed by atoms with E-state index < -0.39 is 0 Å². The van der Waals surface area contributed by atoms with E-state index in [4.69, 9.17) is 11.6 Å². The van der Waals surface area contributed by atoms with E-state index >= 15 is 0 Å². The van der Waals surface area contributed by atoms with Crippen LogP contribution in [0.2, 0.25) is 5.02 Å². The van der Waals surface area contributed by atoms with Crippen LogP contribution in [0.5, 0.6) is 0 Å². The largest absolute Gasteiger partial charge is 0.320 e. The first-order chi connectivity index (χ1) is 13.5. The molecule has 0 spiro atoms. The van der Waals surface area contributed by atoms with Gasteiger partial charge in [-0.15, -0.1) is 0 Å². The number of fused-ring (bicyclic) bond motifs is 6. The lowest BCUT2D eigenvalue weighted by molar-refractivity contribution is 0.0997. The zero-order valence-electron chi connectivity index (χ0n) is 16.6. The maximum Gasteiger partial charge on any atom is 0.125 e. The Morgan fingerprint density at radius 3 is 2.79 bits per heavy atom. The highest BCUT2D eigenvalue weighted by atomic mass is 35.5. The number of rotatable bonds is 2. The summed E-state index contributed by atoms with van der Waals surface area (Å²) in [6.07, 6.45) is 11.0. The average molecular weight is 393 g/mol. The van der Waals surface area contributed by atoms with Crippen molar-refractivity contribution in [1.82, 2.24) is 19.4 Å². The van der Waals surface area contributed by atoms with E-state index in [1.807, 2.05) is 25.4 Å². The molecule has 2 unspecified atom stereocenters. The first kappa shape index (κ1) is 17.9. The van der Waals surface area contributed by atoms with Crippen LogP contribution in [0.4, 0.5) is 0 Å². The molecule has 2 aliphatic heterocycles. The summed E-state index contributed by atoms with van der Waals surface area (Å²) in [7, 11) is 2.29. The van der Waals surface area contributed by atoms with E-state index in [1.54, 1.807) is 0 Å². The van der Waals surface area contributed by atoms with E-state index in [1.165, 1.54) is 41.4 Å². The molecule has 5 rings (SSSR count). The van der Waals surface area contributed by atoms with Crippen molar-refractivity contribution in [2.24, 2.45) is 0 Å². The third-order valence-electron chi connectivity index (χ3n) is 6.51. The SMILES string of the molecule is CC(=Cn1c2c(c3ccc(Cl)cc31)C1CCCC(C2)N1C)c1cnc(C)nc1. The topological polar surface area (TPSA) is 34.0 Å². The first-order valence-electron chi connectivity index (χ1n) is 10.0. The van der Waals surface area contributed by atoms with E-state index in [-0.39, 0.29) is 0 Å². The number of halogens is 1. The molecule has 0 saturated carbocycles. The van der Waals surface area contributed by atoms with Gasteiger partial charge < -0.3 is 4.57 Å². The summed E-state index contributed by atoms with van der Waals surface area (Å²) in [6.45, 7) is 4.04. The van der Waals surface area contributed by atoms with Crippen LogP contribution < -0.4 is 0 Å². The van der Waals surface area contributed by atoms with Crippen molar-refractivity contribution in [3.05, 3.63) is 58.3 Å². The second kappa shape index (κ2) is 6.71. The van der Waals surface area contributed by atoms with Crippen molar-refractivity contribution in [1.29, 1.82) is 0 Å². The normalized spacial score (nSPS) is 22.5. The third-order valence-corrected chi connectivity index (χ3v) is 6.75. The van der Waals surface area contributed by atoms with Crippen molar-refractivity contribution < 1.29 is 0 Å². The number of hydrogen-bond acceptors (Lipinski definition) is 3. The summed E-state index contributed by atoms with van der Waals surface area (Å²) < 4.78 is 2.38. The predicted octanol–water partition coefficient (Wildman–Crippen LogP) is 5.49. The van der Waals surface area contributed by atoms with Gasteiger partial charge >= 0.3 is 0 Å². The van der Waals surface area contributed by atoms with Gasteiger partial charge in [0.1, 0.15) is 5.82 Å². The van der Waals surface area contributed by atoms with Crippen LogP contribution in [-0.2, 0) is 6.42 Å². The molecule has 2 aliphatic rings. The number of allylic oxidation sites excluding steroid dienone is 1. The summed E-state index contributed by atoms with van der Waals surface area (Å²) in [4.78, 5) is 11.3. The summed E-state index contributed by atoms with van der Waals surface area (Å²) in [5.74, 6) is 0.794. The highest BCUT2D eigenvalue weighted by Gasteiger charge is 2.38. The number of nitrogens with zero attached hydrogens (tertiary/aromatic N) is 4. The van der Waals surface area contributed by atoms with Gasteiger partial charge in [-0.1, -0.05) is 17.7 Å². The Labute approximate surface area is 170 Å². The van der Waals surface area contributed by atoms with Crippen molar-refractivity contribution in [2.45, 2.75) is 51.6 Å². The minimum Gasteiger partial charge on any atom is -0.320 e. The second-order valence-corrected chi connectivity index (χ2v) is 8.63. The fourth-order valence-corrected chi connectivity index (χ4v) is 5.15. The van der Waals surface area contributed by atoms with Crippen LogP contribution in [0.15, 0.2) is 30.6 Å². The molecule has 1 saturated heterocycles. The van der Waals surface area contributed by atoms with Crippen LogP contribution in [0, 0.1) is 6.92 Å². The molecule has 4 nitrogen and oxygen atoms in total. The molecule has 0 aliphatic carbocycles. The zero-order valence-corrected chi connectivity index (χ0v) is 17.4. The summed E-state index contributed by atoms with van der Waals surface area (Å²) >= 11 is 6.40. The summed E-state index contributed by atoms with van der Waals surface area (Å²) in [6, 6.07) is 7.46. The molecular formula is C23H25ClN4. The Bertz CT molecular complexity index is 1080. The van der Waals surface area contributed by atoms with Crippen molar-refractivity contribution in [3.63, 3.8) is 0 Å². The van der Waals surface area contributed by atoms with Crippen molar-refractivity contribution in [3.8, 4) is 0 Å². The minimum absolute atomic E-state index is 0.504.